The molecule has 1 unspecified atom stereocenters. The van der Waals surface area contributed by atoms with Gasteiger partial charge in [0.05, 0.1) is 0 Å². The molecule has 2 aromatic rings. The standard InChI is InChI=1S/C16H17ClFNO/c1-11(19)9-14-15(17)3-2-4-16(14)20-10-12-5-7-13(18)8-6-12/h2-8,11H,9-10,19H2,1H3. The van der Waals surface area contributed by atoms with Gasteiger partial charge in [-0.3, -0.25) is 0 Å². The molecule has 0 bridgehead atoms. The Hall–Kier alpha value is -1.58. The number of benzene rings is 2. The van der Waals surface area contributed by atoms with Crippen molar-refractivity contribution >= 4 is 11.6 Å². The van der Waals surface area contributed by atoms with E-state index in [0.29, 0.717) is 18.1 Å². The fourth-order valence-corrected chi connectivity index (χ4v) is 2.18. The van der Waals surface area contributed by atoms with Gasteiger partial charge < -0.3 is 10.5 Å². The molecule has 0 aromatic heterocycles. The number of hydrogen-bond acceptors (Lipinski definition) is 2. The zero-order chi connectivity index (χ0) is 14.5. The molecule has 2 nitrogen and oxygen atoms in total. The van der Waals surface area contributed by atoms with E-state index in [0.717, 1.165) is 16.9 Å². The van der Waals surface area contributed by atoms with E-state index in [-0.39, 0.29) is 11.9 Å². The molecule has 0 amide bonds. The van der Waals surface area contributed by atoms with Crippen LogP contribution < -0.4 is 10.5 Å². The molecule has 0 aliphatic carbocycles. The van der Waals surface area contributed by atoms with E-state index in [2.05, 4.69) is 0 Å². The summed E-state index contributed by atoms with van der Waals surface area (Å²) >= 11 is 6.19. The minimum Gasteiger partial charge on any atom is -0.489 e. The van der Waals surface area contributed by atoms with Gasteiger partial charge in [-0.25, -0.2) is 4.39 Å². The third-order valence-electron chi connectivity index (χ3n) is 2.91. The number of halogens is 2. The number of nitrogens with two attached hydrogens (primary N) is 1. The molecule has 0 fully saturated rings. The van der Waals surface area contributed by atoms with E-state index >= 15 is 0 Å². The second kappa shape index (κ2) is 6.73. The van der Waals surface area contributed by atoms with Crippen molar-refractivity contribution in [3.63, 3.8) is 0 Å². The smallest absolute Gasteiger partial charge is 0.124 e. The van der Waals surface area contributed by atoms with Crippen molar-refractivity contribution in [3.05, 3.63) is 64.4 Å². The zero-order valence-corrected chi connectivity index (χ0v) is 12.0. The lowest BCUT2D eigenvalue weighted by atomic mass is 10.1. The third-order valence-corrected chi connectivity index (χ3v) is 3.26. The van der Waals surface area contributed by atoms with Gasteiger partial charge in [-0.15, -0.1) is 0 Å². The number of ether oxygens (including phenoxy) is 1. The van der Waals surface area contributed by atoms with Gasteiger partial charge in [0.25, 0.3) is 0 Å². The summed E-state index contributed by atoms with van der Waals surface area (Å²) in [6.07, 6.45) is 0.651. The number of hydrogen-bond donors (Lipinski definition) is 1. The maximum absolute atomic E-state index is 12.8. The van der Waals surface area contributed by atoms with Crippen molar-refractivity contribution in [2.24, 2.45) is 5.73 Å². The zero-order valence-electron chi connectivity index (χ0n) is 11.3. The van der Waals surface area contributed by atoms with Crippen LogP contribution >= 0.6 is 11.6 Å². The first-order chi connectivity index (χ1) is 9.56. The third kappa shape index (κ3) is 3.95. The normalized spacial score (nSPS) is 12.2. The maximum Gasteiger partial charge on any atom is 0.124 e. The minimum atomic E-state index is -0.255. The Bertz CT molecular complexity index is 569. The molecule has 1 atom stereocenters. The second-order valence-corrected chi connectivity index (χ2v) is 5.22. The molecule has 0 saturated carbocycles. The topological polar surface area (TPSA) is 35.2 Å². The molecule has 2 N–H and O–H groups in total. The predicted octanol–water partition coefficient (Wildman–Crippen LogP) is 3.95. The van der Waals surface area contributed by atoms with Crippen LogP contribution in [0.15, 0.2) is 42.5 Å². The molecule has 0 spiro atoms. The monoisotopic (exact) mass is 293 g/mol. The molecule has 4 heteroatoms. The van der Waals surface area contributed by atoms with Crippen LogP contribution in [0.2, 0.25) is 5.02 Å². The van der Waals surface area contributed by atoms with Crippen LogP contribution in [0.3, 0.4) is 0 Å². The molecule has 0 heterocycles. The van der Waals surface area contributed by atoms with Crippen molar-refractivity contribution in [2.75, 3.05) is 0 Å². The Morgan fingerprint density at radius 1 is 1.20 bits per heavy atom. The molecule has 20 heavy (non-hydrogen) atoms. The van der Waals surface area contributed by atoms with Crippen molar-refractivity contribution in [1.29, 1.82) is 0 Å². The van der Waals surface area contributed by atoms with Crippen LogP contribution in [0, 0.1) is 5.82 Å². The van der Waals surface area contributed by atoms with Crippen LogP contribution in [0.4, 0.5) is 4.39 Å². The lowest BCUT2D eigenvalue weighted by Crippen LogP contribution is -2.18. The van der Waals surface area contributed by atoms with Gasteiger partial charge in [0.2, 0.25) is 0 Å². The Balaban J connectivity index is 2.12. The van der Waals surface area contributed by atoms with Gasteiger partial charge in [-0.2, -0.15) is 0 Å². The largest absolute Gasteiger partial charge is 0.489 e. The summed E-state index contributed by atoms with van der Waals surface area (Å²) in [4.78, 5) is 0. The van der Waals surface area contributed by atoms with E-state index in [1.807, 2.05) is 25.1 Å². The Kier molecular flexibility index (Phi) is 4.99. The van der Waals surface area contributed by atoms with Gasteiger partial charge in [0, 0.05) is 16.6 Å². The average molecular weight is 294 g/mol. The SMILES string of the molecule is CC(N)Cc1c(Cl)cccc1OCc1ccc(F)cc1. The van der Waals surface area contributed by atoms with Crippen molar-refractivity contribution in [1.82, 2.24) is 0 Å². The summed E-state index contributed by atoms with van der Waals surface area (Å²) in [7, 11) is 0. The lowest BCUT2D eigenvalue weighted by Gasteiger charge is -2.14. The summed E-state index contributed by atoms with van der Waals surface area (Å²) in [6, 6.07) is 11.8. The summed E-state index contributed by atoms with van der Waals surface area (Å²) in [6.45, 7) is 2.29. The van der Waals surface area contributed by atoms with Crippen LogP contribution in [0.5, 0.6) is 5.75 Å². The van der Waals surface area contributed by atoms with E-state index in [1.54, 1.807) is 12.1 Å². The molecular weight excluding hydrogens is 277 g/mol. The lowest BCUT2D eigenvalue weighted by molar-refractivity contribution is 0.302. The van der Waals surface area contributed by atoms with Crippen LogP contribution in [0.25, 0.3) is 0 Å². The Labute approximate surface area is 123 Å². The molecule has 106 valence electrons. The van der Waals surface area contributed by atoms with Crippen molar-refractivity contribution < 1.29 is 9.13 Å². The highest BCUT2D eigenvalue weighted by molar-refractivity contribution is 6.31. The summed E-state index contributed by atoms with van der Waals surface area (Å²) in [5, 5.41) is 0.652. The first-order valence-electron chi connectivity index (χ1n) is 6.46. The number of rotatable bonds is 5. The fraction of sp³-hybridized carbons (Fsp3) is 0.250. The van der Waals surface area contributed by atoms with E-state index in [1.165, 1.54) is 12.1 Å². The van der Waals surface area contributed by atoms with Gasteiger partial charge in [0.15, 0.2) is 0 Å². The highest BCUT2D eigenvalue weighted by Crippen LogP contribution is 2.28. The predicted molar refractivity (Wildman–Crippen MR) is 79.5 cm³/mol. The molecule has 0 aliphatic rings. The molecule has 0 radical (unpaired) electrons. The average Bonchev–Trinajstić information content (AvgIpc) is 2.41. The molecular formula is C16H17ClFNO. The highest BCUT2D eigenvalue weighted by atomic mass is 35.5. The second-order valence-electron chi connectivity index (χ2n) is 4.81. The Morgan fingerprint density at radius 3 is 2.55 bits per heavy atom. The molecule has 0 aliphatic heterocycles. The molecule has 2 rings (SSSR count). The van der Waals surface area contributed by atoms with E-state index < -0.39 is 0 Å². The highest BCUT2D eigenvalue weighted by Gasteiger charge is 2.10. The van der Waals surface area contributed by atoms with Gasteiger partial charge in [-0.05, 0) is 43.2 Å². The van der Waals surface area contributed by atoms with Crippen LogP contribution in [-0.2, 0) is 13.0 Å². The first kappa shape index (κ1) is 14.8. The summed E-state index contributed by atoms with van der Waals surface area (Å²) in [5.41, 5.74) is 7.64. The minimum absolute atomic E-state index is 0.00284. The van der Waals surface area contributed by atoms with Crippen LogP contribution in [-0.4, -0.2) is 6.04 Å². The Morgan fingerprint density at radius 2 is 1.90 bits per heavy atom. The van der Waals surface area contributed by atoms with Crippen molar-refractivity contribution in [2.45, 2.75) is 26.0 Å². The quantitative estimate of drug-likeness (QED) is 0.906. The first-order valence-corrected chi connectivity index (χ1v) is 6.84. The maximum atomic E-state index is 12.8. The van der Waals surface area contributed by atoms with E-state index in [9.17, 15) is 4.39 Å². The van der Waals surface area contributed by atoms with Gasteiger partial charge in [-0.1, -0.05) is 29.8 Å². The van der Waals surface area contributed by atoms with Crippen molar-refractivity contribution in [3.8, 4) is 5.75 Å². The summed E-state index contributed by atoms with van der Waals surface area (Å²) in [5.74, 6) is 0.466. The van der Waals surface area contributed by atoms with E-state index in [4.69, 9.17) is 22.1 Å². The summed E-state index contributed by atoms with van der Waals surface area (Å²) < 4.78 is 18.6. The van der Waals surface area contributed by atoms with Gasteiger partial charge >= 0.3 is 0 Å². The molecule has 0 saturated heterocycles. The molecule has 2 aromatic carbocycles. The fourth-order valence-electron chi connectivity index (χ4n) is 1.94. The van der Waals surface area contributed by atoms with Crippen LogP contribution in [0.1, 0.15) is 18.1 Å². The van der Waals surface area contributed by atoms with Gasteiger partial charge in [0.1, 0.15) is 18.2 Å².